The van der Waals surface area contributed by atoms with Crippen molar-refractivity contribution in [2.75, 3.05) is 0 Å². The van der Waals surface area contributed by atoms with Gasteiger partial charge in [0.1, 0.15) is 5.84 Å². The molecule has 106 valence electrons. The van der Waals surface area contributed by atoms with Crippen LogP contribution in [0.5, 0.6) is 0 Å². The standard InChI is InChI=1S/C11H19N5O2S/c1-8-2-4-11(5-3-8,10(12)13)16-19(17,18)9-6-14-7-15-9/h6-8,16H,2-5H2,1H3,(H3,12,13)(H,14,15). The smallest absolute Gasteiger partial charge is 0.258 e. The van der Waals surface area contributed by atoms with Crippen molar-refractivity contribution >= 4 is 15.9 Å². The summed E-state index contributed by atoms with van der Waals surface area (Å²) in [5, 5.41) is 7.73. The van der Waals surface area contributed by atoms with Gasteiger partial charge >= 0.3 is 0 Å². The van der Waals surface area contributed by atoms with Gasteiger partial charge in [0.25, 0.3) is 10.0 Å². The van der Waals surface area contributed by atoms with Crippen molar-refractivity contribution < 1.29 is 8.42 Å². The van der Waals surface area contributed by atoms with Crippen LogP contribution < -0.4 is 10.5 Å². The Kier molecular flexibility index (Phi) is 3.64. The zero-order chi connectivity index (χ0) is 14.1. The van der Waals surface area contributed by atoms with E-state index in [2.05, 4.69) is 21.6 Å². The molecule has 0 saturated heterocycles. The summed E-state index contributed by atoms with van der Waals surface area (Å²) >= 11 is 0. The molecule has 5 N–H and O–H groups in total. The van der Waals surface area contributed by atoms with E-state index in [4.69, 9.17) is 11.1 Å². The number of rotatable bonds is 4. The Morgan fingerprint density at radius 1 is 1.58 bits per heavy atom. The first kappa shape index (κ1) is 14.0. The number of hydrogen-bond acceptors (Lipinski definition) is 4. The van der Waals surface area contributed by atoms with Crippen LogP contribution in [0.25, 0.3) is 0 Å². The van der Waals surface area contributed by atoms with Gasteiger partial charge in [0.05, 0.1) is 18.1 Å². The van der Waals surface area contributed by atoms with Crippen molar-refractivity contribution in [2.24, 2.45) is 11.7 Å². The molecule has 0 bridgehead atoms. The van der Waals surface area contributed by atoms with Crippen LogP contribution in [0, 0.1) is 11.3 Å². The highest BCUT2D eigenvalue weighted by Gasteiger charge is 2.41. The molecule has 0 unspecified atom stereocenters. The Morgan fingerprint density at radius 3 is 2.68 bits per heavy atom. The van der Waals surface area contributed by atoms with E-state index in [1.54, 1.807) is 0 Å². The molecule has 0 spiro atoms. The molecule has 8 heteroatoms. The van der Waals surface area contributed by atoms with E-state index in [0.717, 1.165) is 12.8 Å². The van der Waals surface area contributed by atoms with Gasteiger partial charge in [-0.15, -0.1) is 0 Å². The van der Waals surface area contributed by atoms with E-state index in [1.807, 2.05) is 0 Å². The van der Waals surface area contributed by atoms with E-state index < -0.39 is 15.6 Å². The Morgan fingerprint density at radius 2 is 2.21 bits per heavy atom. The van der Waals surface area contributed by atoms with Crippen LogP contribution in [0.1, 0.15) is 32.6 Å². The van der Waals surface area contributed by atoms with Gasteiger partial charge in [0.2, 0.25) is 0 Å². The van der Waals surface area contributed by atoms with Crippen molar-refractivity contribution in [1.82, 2.24) is 14.7 Å². The van der Waals surface area contributed by atoms with E-state index in [9.17, 15) is 8.42 Å². The number of imidazole rings is 1. The zero-order valence-corrected chi connectivity index (χ0v) is 11.6. The normalized spacial score (nSPS) is 28.2. The summed E-state index contributed by atoms with van der Waals surface area (Å²) in [7, 11) is -3.73. The van der Waals surface area contributed by atoms with Gasteiger partial charge in [-0.25, -0.2) is 13.4 Å². The lowest BCUT2D eigenvalue weighted by molar-refractivity contribution is 0.285. The molecular formula is C11H19N5O2S. The second kappa shape index (κ2) is 4.93. The van der Waals surface area contributed by atoms with Crippen molar-refractivity contribution in [3.05, 3.63) is 12.5 Å². The van der Waals surface area contributed by atoms with Crippen molar-refractivity contribution in [2.45, 2.75) is 43.2 Å². The third-order valence-corrected chi connectivity index (χ3v) is 5.20. The lowest BCUT2D eigenvalue weighted by atomic mass is 9.77. The summed E-state index contributed by atoms with van der Waals surface area (Å²) < 4.78 is 27.0. The van der Waals surface area contributed by atoms with Crippen LogP contribution in [0.4, 0.5) is 0 Å². The quantitative estimate of drug-likeness (QED) is 0.477. The molecule has 19 heavy (non-hydrogen) atoms. The maximum atomic E-state index is 12.2. The van der Waals surface area contributed by atoms with Crippen molar-refractivity contribution in [1.29, 1.82) is 5.41 Å². The molecule has 0 aliphatic heterocycles. The first-order chi connectivity index (χ1) is 8.86. The highest BCUT2D eigenvalue weighted by atomic mass is 32.2. The molecule has 1 aromatic rings. The Balaban J connectivity index is 2.25. The summed E-state index contributed by atoms with van der Waals surface area (Å²) in [6, 6.07) is 0. The molecule has 1 heterocycles. The van der Waals surface area contributed by atoms with Gasteiger partial charge in [-0.2, -0.15) is 4.72 Å². The Bertz CT molecular complexity index is 544. The van der Waals surface area contributed by atoms with Gasteiger partial charge < -0.3 is 10.7 Å². The zero-order valence-electron chi connectivity index (χ0n) is 10.8. The SMILES string of the molecule is CC1CCC(NS(=O)(=O)c2cnc[nH]2)(C(=N)N)CC1. The lowest BCUT2D eigenvalue weighted by Crippen LogP contribution is -2.58. The molecule has 1 saturated carbocycles. The molecule has 7 nitrogen and oxygen atoms in total. The van der Waals surface area contributed by atoms with Crippen molar-refractivity contribution in [3.8, 4) is 0 Å². The highest BCUT2D eigenvalue weighted by Crippen LogP contribution is 2.32. The number of nitrogens with one attached hydrogen (secondary N) is 3. The molecule has 0 amide bonds. The minimum Gasteiger partial charge on any atom is -0.386 e. The number of amidine groups is 1. The number of H-pyrrole nitrogens is 1. The molecule has 0 radical (unpaired) electrons. The summed E-state index contributed by atoms with van der Waals surface area (Å²) in [6.45, 7) is 2.12. The summed E-state index contributed by atoms with van der Waals surface area (Å²) in [6.07, 6.45) is 5.35. The molecule has 1 aromatic heterocycles. The monoisotopic (exact) mass is 285 g/mol. The van der Waals surface area contributed by atoms with E-state index in [1.165, 1.54) is 12.5 Å². The first-order valence-electron chi connectivity index (χ1n) is 6.22. The predicted octanol–water partition coefficient (Wildman–Crippen LogP) is 0.573. The molecule has 0 aromatic carbocycles. The van der Waals surface area contributed by atoms with Crippen LogP contribution in [0.2, 0.25) is 0 Å². The van der Waals surface area contributed by atoms with Crippen LogP contribution in [-0.2, 0) is 10.0 Å². The van der Waals surface area contributed by atoms with E-state index >= 15 is 0 Å². The van der Waals surface area contributed by atoms with Gasteiger partial charge in [0, 0.05) is 0 Å². The third kappa shape index (κ3) is 2.79. The van der Waals surface area contributed by atoms with E-state index in [-0.39, 0.29) is 10.9 Å². The number of nitrogens with zero attached hydrogens (tertiary/aromatic N) is 1. The molecular weight excluding hydrogens is 266 g/mol. The predicted molar refractivity (Wildman–Crippen MR) is 71.2 cm³/mol. The number of aromatic amines is 1. The maximum Gasteiger partial charge on any atom is 0.258 e. The number of nitrogens with two attached hydrogens (primary N) is 1. The number of aromatic nitrogens is 2. The molecule has 1 aliphatic rings. The van der Waals surface area contributed by atoms with Gasteiger partial charge in [-0.05, 0) is 31.6 Å². The number of hydrogen-bond donors (Lipinski definition) is 4. The molecule has 2 rings (SSSR count). The van der Waals surface area contributed by atoms with Crippen molar-refractivity contribution in [3.63, 3.8) is 0 Å². The molecule has 1 fully saturated rings. The topological polar surface area (TPSA) is 125 Å². The Labute approximate surface area is 112 Å². The Hall–Kier alpha value is -1.41. The third-order valence-electron chi connectivity index (χ3n) is 3.74. The molecule has 0 atom stereocenters. The van der Waals surface area contributed by atoms with E-state index in [0.29, 0.717) is 18.8 Å². The second-order valence-electron chi connectivity index (χ2n) is 5.20. The largest absolute Gasteiger partial charge is 0.386 e. The average molecular weight is 285 g/mol. The fourth-order valence-electron chi connectivity index (χ4n) is 2.38. The average Bonchev–Trinajstić information content (AvgIpc) is 2.86. The summed E-state index contributed by atoms with van der Waals surface area (Å²) in [4.78, 5) is 6.26. The van der Waals surface area contributed by atoms with Crippen LogP contribution in [-0.4, -0.2) is 29.8 Å². The van der Waals surface area contributed by atoms with Crippen LogP contribution in [0.15, 0.2) is 17.6 Å². The fourth-order valence-corrected chi connectivity index (χ4v) is 3.73. The first-order valence-corrected chi connectivity index (χ1v) is 7.71. The van der Waals surface area contributed by atoms with Gasteiger partial charge in [-0.1, -0.05) is 6.92 Å². The minimum atomic E-state index is -3.73. The fraction of sp³-hybridized carbons (Fsp3) is 0.636. The van der Waals surface area contributed by atoms with Gasteiger partial charge in [-0.3, -0.25) is 5.41 Å². The number of sulfonamides is 1. The second-order valence-corrected chi connectivity index (χ2v) is 6.85. The molecule has 1 aliphatic carbocycles. The van der Waals surface area contributed by atoms with Crippen LogP contribution >= 0.6 is 0 Å². The summed E-state index contributed by atoms with van der Waals surface area (Å²) in [5.74, 6) is 0.409. The minimum absolute atomic E-state index is 0.00764. The maximum absolute atomic E-state index is 12.2. The highest BCUT2D eigenvalue weighted by molar-refractivity contribution is 7.89. The summed E-state index contributed by atoms with van der Waals surface area (Å²) in [5.41, 5.74) is 4.68. The lowest BCUT2D eigenvalue weighted by Gasteiger charge is -2.38. The van der Waals surface area contributed by atoms with Crippen LogP contribution in [0.3, 0.4) is 0 Å². The van der Waals surface area contributed by atoms with Gasteiger partial charge in [0.15, 0.2) is 5.03 Å².